The van der Waals surface area contributed by atoms with Crippen LogP contribution in [-0.4, -0.2) is 39.8 Å². The van der Waals surface area contributed by atoms with Crippen molar-refractivity contribution in [2.45, 2.75) is 20.3 Å². The van der Waals surface area contributed by atoms with Gasteiger partial charge in [-0.1, -0.05) is 25.1 Å². The van der Waals surface area contributed by atoms with E-state index >= 15 is 0 Å². The fraction of sp³-hybridized carbons (Fsp3) is 0.500. The Balaban J connectivity index is -0.000000260. The van der Waals surface area contributed by atoms with Gasteiger partial charge in [-0.25, -0.2) is 0 Å². The number of benzene rings is 1. The lowest BCUT2D eigenvalue weighted by Gasteiger charge is -1.85. The first-order valence-electron chi connectivity index (χ1n) is 6.59. The highest BCUT2D eigenvalue weighted by Gasteiger charge is 1.98. The highest BCUT2D eigenvalue weighted by Crippen LogP contribution is 2.06. The molecule has 0 saturated carbocycles. The molecule has 0 bridgehead atoms. The summed E-state index contributed by atoms with van der Waals surface area (Å²) in [6.07, 6.45) is 0.632. The van der Waals surface area contributed by atoms with Gasteiger partial charge in [-0.3, -0.25) is 40.5 Å². The van der Waals surface area contributed by atoms with Crippen molar-refractivity contribution < 1.29 is 19.7 Å². The number of para-hydroxylation sites is 1. The summed E-state index contributed by atoms with van der Waals surface area (Å²) in [5.74, 6) is 0. The second-order valence-corrected chi connectivity index (χ2v) is 3.74. The van der Waals surface area contributed by atoms with Gasteiger partial charge in [-0.2, -0.15) is 0 Å². The average molecular weight is 348 g/mol. The fourth-order valence-electron chi connectivity index (χ4n) is 0.732. The molecule has 0 atom stereocenters. The van der Waals surface area contributed by atoms with Gasteiger partial charge in [0, 0.05) is 40.2 Å². The summed E-state index contributed by atoms with van der Waals surface area (Å²) in [5, 5.41) is 37.4. The third-order valence-electron chi connectivity index (χ3n) is 1.63. The van der Waals surface area contributed by atoms with E-state index in [1.54, 1.807) is 25.1 Å². The lowest BCUT2D eigenvalue weighted by Crippen LogP contribution is -1.96. The molecule has 0 aliphatic carbocycles. The summed E-state index contributed by atoms with van der Waals surface area (Å²) >= 11 is 0. The number of nitro benzene ring substituents is 1. The Hall–Kier alpha value is -3.18. The van der Waals surface area contributed by atoms with Crippen LogP contribution in [0.3, 0.4) is 0 Å². The lowest BCUT2D eigenvalue weighted by molar-refractivity contribution is -0.479. The van der Waals surface area contributed by atoms with Gasteiger partial charge in [-0.15, -0.1) is 0 Å². The molecule has 0 saturated heterocycles. The van der Waals surface area contributed by atoms with Gasteiger partial charge in [0.25, 0.3) is 5.69 Å². The quantitative estimate of drug-likeness (QED) is 0.589. The molecular formula is C12H20N4O8. The molecule has 12 nitrogen and oxygen atoms in total. The van der Waals surface area contributed by atoms with Crippen LogP contribution in [0.1, 0.15) is 20.3 Å². The minimum absolute atomic E-state index is 0.0278. The van der Waals surface area contributed by atoms with Gasteiger partial charge in [0.1, 0.15) is 0 Å². The fourth-order valence-corrected chi connectivity index (χ4v) is 0.732. The number of non-ortho nitro benzene ring substituents is 1. The minimum atomic E-state index is -0.500. The zero-order valence-corrected chi connectivity index (χ0v) is 13.6. The van der Waals surface area contributed by atoms with E-state index in [2.05, 4.69) is 0 Å². The van der Waals surface area contributed by atoms with Gasteiger partial charge in [0.2, 0.25) is 13.1 Å². The Morgan fingerprint density at radius 1 is 0.833 bits per heavy atom. The van der Waals surface area contributed by atoms with E-state index in [1.165, 1.54) is 19.1 Å². The molecule has 0 heterocycles. The summed E-state index contributed by atoms with van der Waals surface area (Å²) < 4.78 is 0. The maximum absolute atomic E-state index is 10.0. The Morgan fingerprint density at radius 2 is 1.21 bits per heavy atom. The third-order valence-corrected chi connectivity index (χ3v) is 1.63. The number of nitro groups is 4. The summed E-state index contributed by atoms with van der Waals surface area (Å²) in [6.45, 7) is 3.41. The van der Waals surface area contributed by atoms with Crippen LogP contribution in [-0.2, 0) is 0 Å². The molecule has 1 rings (SSSR count). The molecule has 1 aromatic carbocycles. The van der Waals surface area contributed by atoms with E-state index in [1.807, 2.05) is 0 Å². The van der Waals surface area contributed by atoms with Crippen LogP contribution in [0.2, 0.25) is 0 Å². The number of hydrogen-bond acceptors (Lipinski definition) is 8. The number of hydrogen-bond donors (Lipinski definition) is 0. The second-order valence-electron chi connectivity index (χ2n) is 3.74. The van der Waals surface area contributed by atoms with Gasteiger partial charge < -0.3 is 0 Å². The van der Waals surface area contributed by atoms with Crippen LogP contribution in [0, 0.1) is 40.5 Å². The van der Waals surface area contributed by atoms with E-state index in [0.717, 1.165) is 7.05 Å². The van der Waals surface area contributed by atoms with Crippen LogP contribution in [0.25, 0.3) is 0 Å². The van der Waals surface area contributed by atoms with Gasteiger partial charge in [0.05, 0.1) is 4.92 Å². The van der Waals surface area contributed by atoms with Crippen LogP contribution in [0.15, 0.2) is 30.3 Å². The third kappa shape index (κ3) is 31.3. The Morgan fingerprint density at radius 3 is 1.33 bits per heavy atom. The zero-order valence-electron chi connectivity index (χ0n) is 13.6. The van der Waals surface area contributed by atoms with E-state index in [0.29, 0.717) is 6.42 Å². The molecule has 0 aliphatic heterocycles. The van der Waals surface area contributed by atoms with Crippen molar-refractivity contribution in [3.8, 4) is 0 Å². The molecule has 0 unspecified atom stereocenters. The van der Waals surface area contributed by atoms with E-state index in [-0.39, 0.29) is 28.6 Å². The van der Waals surface area contributed by atoms with Crippen molar-refractivity contribution in [1.29, 1.82) is 0 Å². The van der Waals surface area contributed by atoms with Gasteiger partial charge >= 0.3 is 0 Å². The second kappa shape index (κ2) is 17.9. The van der Waals surface area contributed by atoms with E-state index < -0.39 is 9.85 Å². The summed E-state index contributed by atoms with van der Waals surface area (Å²) in [7, 11) is 0.889. The van der Waals surface area contributed by atoms with Crippen molar-refractivity contribution >= 4 is 5.69 Å². The molecule has 0 radical (unpaired) electrons. The standard InChI is InChI=1S/C6H5NO2.C3H7NO2.C2H5NO2.CH3NO2/c8-7(9)6-4-2-1-3-5-6;1-2-3-4(5)6;1-2-3(4)5;1-2(3)4/h1-5H;2-3H2,1H3;2H2,1H3;1H3. The zero-order chi connectivity index (χ0) is 19.5. The first-order valence-corrected chi connectivity index (χ1v) is 6.59. The molecule has 0 aliphatic rings. The van der Waals surface area contributed by atoms with Crippen molar-refractivity contribution in [2.24, 2.45) is 0 Å². The summed E-state index contributed by atoms with van der Waals surface area (Å²) in [4.78, 5) is 35.8. The summed E-state index contributed by atoms with van der Waals surface area (Å²) in [5.41, 5.74) is 0.137. The molecule has 12 heteroatoms. The smallest absolute Gasteiger partial charge is 0.265 e. The van der Waals surface area contributed by atoms with Crippen LogP contribution >= 0.6 is 0 Å². The molecule has 0 fully saturated rings. The van der Waals surface area contributed by atoms with Crippen LogP contribution in [0.5, 0.6) is 0 Å². The van der Waals surface area contributed by atoms with Gasteiger partial charge in [-0.05, 0) is 0 Å². The number of nitrogens with zero attached hydrogens (tertiary/aromatic N) is 4. The van der Waals surface area contributed by atoms with Crippen molar-refractivity contribution in [3.63, 3.8) is 0 Å². The molecule has 136 valence electrons. The molecule has 0 amide bonds. The highest BCUT2D eigenvalue weighted by atomic mass is 16.6. The number of rotatable bonds is 4. The van der Waals surface area contributed by atoms with Gasteiger partial charge in [0.15, 0.2) is 7.05 Å². The lowest BCUT2D eigenvalue weighted by atomic mass is 10.3. The molecule has 0 aromatic heterocycles. The topological polar surface area (TPSA) is 173 Å². The predicted molar refractivity (Wildman–Crippen MR) is 85.7 cm³/mol. The van der Waals surface area contributed by atoms with Crippen LogP contribution in [0.4, 0.5) is 5.69 Å². The van der Waals surface area contributed by atoms with Crippen LogP contribution < -0.4 is 0 Å². The van der Waals surface area contributed by atoms with Crippen molar-refractivity contribution in [3.05, 3.63) is 70.8 Å². The van der Waals surface area contributed by atoms with Crippen molar-refractivity contribution in [1.82, 2.24) is 0 Å². The molecule has 1 aromatic rings. The Kier molecular flexibility index (Phi) is 19.2. The average Bonchev–Trinajstić information content (AvgIpc) is 2.48. The Labute approximate surface area is 137 Å². The monoisotopic (exact) mass is 348 g/mol. The van der Waals surface area contributed by atoms with E-state index in [4.69, 9.17) is 10.1 Å². The molecular weight excluding hydrogens is 328 g/mol. The maximum atomic E-state index is 10.0. The summed E-state index contributed by atoms with van der Waals surface area (Å²) in [6, 6.07) is 7.93. The maximum Gasteiger partial charge on any atom is 0.269 e. The predicted octanol–water partition coefficient (Wildman–Crippen LogP) is 2.44. The Bertz CT molecular complexity index is 491. The van der Waals surface area contributed by atoms with E-state index in [9.17, 15) is 30.3 Å². The highest BCUT2D eigenvalue weighted by molar-refractivity contribution is 5.27. The molecule has 0 spiro atoms. The first kappa shape index (κ1) is 25.8. The minimum Gasteiger partial charge on any atom is -0.265 e. The SMILES string of the molecule is CCC[N+](=O)[O-].CC[N+](=O)[O-].C[N+](=O)[O-].O=[N+]([O-])c1ccccc1. The largest absolute Gasteiger partial charge is 0.269 e. The van der Waals surface area contributed by atoms with Crippen molar-refractivity contribution in [2.75, 3.05) is 20.1 Å². The normalized spacial score (nSPS) is 7.96. The molecule has 0 N–H and O–H groups in total. The first-order chi connectivity index (χ1) is 11.1. The molecule has 24 heavy (non-hydrogen) atoms.